The fourth-order valence-electron chi connectivity index (χ4n) is 8.30. The van der Waals surface area contributed by atoms with Gasteiger partial charge in [-0.25, -0.2) is 0 Å². The van der Waals surface area contributed by atoms with Gasteiger partial charge in [0, 0.05) is 52.9 Å². The van der Waals surface area contributed by atoms with E-state index in [-0.39, 0.29) is 35.8 Å². The zero-order valence-corrected chi connectivity index (χ0v) is 30.6. The van der Waals surface area contributed by atoms with Gasteiger partial charge in [0.15, 0.2) is 13.9 Å². The Labute approximate surface area is 296 Å². The zero-order valence-electron chi connectivity index (χ0n) is 28.0. The maximum absolute atomic E-state index is 14.8. The van der Waals surface area contributed by atoms with Crippen LogP contribution in [0.2, 0.25) is 18.6 Å². The minimum absolute atomic E-state index is 0.0882. The van der Waals surface area contributed by atoms with E-state index in [1.54, 1.807) is 9.58 Å². The third kappa shape index (κ3) is 6.07. The van der Waals surface area contributed by atoms with Crippen LogP contribution in [0.25, 0.3) is 0 Å². The number of anilines is 2. The third-order valence-corrected chi connectivity index (χ3v) is 13.5. The third-order valence-electron chi connectivity index (χ3n) is 10.5. The second kappa shape index (κ2) is 13.2. The summed E-state index contributed by atoms with van der Waals surface area (Å²) >= 11 is 3.64. The topological polar surface area (TPSA) is 121 Å². The van der Waals surface area contributed by atoms with Gasteiger partial charge >= 0.3 is 0 Å². The Bertz CT molecular complexity index is 1870. The smallest absolute Gasteiger partial charge is 0.264 e. The summed E-state index contributed by atoms with van der Waals surface area (Å²) in [6, 6.07) is 23.5. The molecule has 2 amide bonds. The van der Waals surface area contributed by atoms with E-state index in [0.29, 0.717) is 38.2 Å². The monoisotopic (exact) mass is 743 g/mol. The Morgan fingerprint density at radius 3 is 2.59 bits per heavy atom. The summed E-state index contributed by atoms with van der Waals surface area (Å²) in [5, 5.41) is 18.9. The Hall–Kier alpha value is -3.68. The molecule has 5 atom stereocenters. The van der Waals surface area contributed by atoms with Gasteiger partial charge in [-0.05, 0) is 67.4 Å². The van der Waals surface area contributed by atoms with Crippen LogP contribution >= 0.6 is 15.9 Å². The summed E-state index contributed by atoms with van der Waals surface area (Å²) in [7, 11) is -2.86. The fourth-order valence-corrected chi connectivity index (χ4v) is 11.3. The molecule has 4 heterocycles. The SMILES string of the molecule is C[C@H]1[C@H]([Si](C)(C)O)[C@@H](CCn2cc(C(CO)c3ccccc3)nn2)O[C@]12C(=O)N(Cc1cccc(N3CCCC3=O)c1)c1ccc(Br)cc12. The molecule has 2 fully saturated rings. The largest absolute Gasteiger partial charge is 0.432 e. The number of aromatic nitrogens is 3. The van der Waals surface area contributed by atoms with Gasteiger partial charge in [0.2, 0.25) is 5.91 Å². The molecule has 3 aliphatic rings. The van der Waals surface area contributed by atoms with E-state index in [2.05, 4.69) is 26.2 Å². The highest BCUT2D eigenvalue weighted by Gasteiger charge is 2.66. The van der Waals surface area contributed by atoms with Crippen LogP contribution in [0, 0.1) is 5.92 Å². The number of fused-ring (bicyclic) bond motifs is 2. The number of rotatable bonds is 10. The number of aliphatic hydroxyl groups excluding tert-OH is 1. The van der Waals surface area contributed by atoms with E-state index in [9.17, 15) is 19.5 Å². The summed E-state index contributed by atoms with van der Waals surface area (Å²) in [6.07, 6.45) is 3.37. The predicted octanol–water partition coefficient (Wildman–Crippen LogP) is 5.73. The van der Waals surface area contributed by atoms with Crippen molar-refractivity contribution in [2.75, 3.05) is 23.0 Å². The normalized spacial score (nSPS) is 24.3. The number of aryl methyl sites for hydroxylation is 1. The zero-order chi connectivity index (χ0) is 34.5. The second-order valence-electron chi connectivity index (χ2n) is 14.1. The molecule has 256 valence electrons. The molecule has 10 nitrogen and oxygen atoms in total. The quantitative estimate of drug-likeness (QED) is 0.199. The molecule has 2 saturated heterocycles. The molecular weight excluding hydrogens is 702 g/mol. The van der Waals surface area contributed by atoms with E-state index >= 15 is 0 Å². The lowest BCUT2D eigenvalue weighted by atomic mass is 9.82. The van der Waals surface area contributed by atoms with E-state index in [4.69, 9.17) is 4.74 Å². The molecule has 0 saturated carbocycles. The fraction of sp³-hybridized carbons (Fsp3) is 0.405. The van der Waals surface area contributed by atoms with Crippen molar-refractivity contribution in [3.8, 4) is 0 Å². The molecule has 4 aromatic rings. The average molecular weight is 745 g/mol. The highest BCUT2D eigenvalue weighted by atomic mass is 79.9. The lowest BCUT2D eigenvalue weighted by Gasteiger charge is -2.32. The van der Waals surface area contributed by atoms with Crippen molar-refractivity contribution in [1.29, 1.82) is 0 Å². The summed E-state index contributed by atoms with van der Waals surface area (Å²) in [4.78, 5) is 42.7. The number of carbonyl (C=O) groups is 2. The van der Waals surface area contributed by atoms with Crippen LogP contribution < -0.4 is 9.80 Å². The molecule has 1 aromatic heterocycles. The molecule has 0 radical (unpaired) electrons. The minimum Gasteiger partial charge on any atom is -0.432 e. The standard InChI is InChI=1S/C37H42BrN5O5Si/c1-24-35(49(2,3)47)33(16-18-41-22-31(39-40-41)29(23-44)26-10-5-4-6-11-26)48-37(24)30-20-27(38)14-15-32(30)43(36(37)46)21-25-9-7-12-28(19-25)42-17-8-13-34(42)45/h4-7,9-12,14-15,19-20,22,24,29,33,35,44,47H,8,13,16-18,21,23H2,1-3H3/t24-,29?,33+,35-,37+/m0/s1. The first-order chi connectivity index (χ1) is 23.5. The van der Waals surface area contributed by atoms with Crippen molar-refractivity contribution in [3.05, 3.63) is 106 Å². The first kappa shape index (κ1) is 33.8. The maximum atomic E-state index is 14.8. The van der Waals surface area contributed by atoms with Gasteiger partial charge in [0.05, 0.1) is 36.6 Å². The number of aliphatic hydroxyl groups is 1. The molecule has 1 spiro atoms. The number of benzene rings is 3. The Morgan fingerprint density at radius 2 is 1.88 bits per heavy atom. The Kier molecular flexibility index (Phi) is 9.12. The number of amides is 2. The van der Waals surface area contributed by atoms with Crippen LogP contribution in [-0.2, 0) is 33.0 Å². The Morgan fingerprint density at radius 1 is 1.08 bits per heavy atom. The van der Waals surface area contributed by atoms with E-state index in [0.717, 1.165) is 39.0 Å². The number of hydrogen-bond donors (Lipinski definition) is 2. The van der Waals surface area contributed by atoms with E-state index in [1.165, 1.54) is 0 Å². The van der Waals surface area contributed by atoms with Crippen molar-refractivity contribution < 1.29 is 24.2 Å². The van der Waals surface area contributed by atoms with Crippen LogP contribution in [0.15, 0.2) is 83.5 Å². The van der Waals surface area contributed by atoms with Gasteiger partial charge in [-0.2, -0.15) is 0 Å². The van der Waals surface area contributed by atoms with Gasteiger partial charge in [0.25, 0.3) is 5.91 Å². The molecular formula is C37H42BrN5O5Si. The van der Waals surface area contributed by atoms with Crippen molar-refractivity contribution in [2.45, 2.75) is 75.5 Å². The van der Waals surface area contributed by atoms with Crippen LogP contribution in [-0.4, -0.2) is 64.3 Å². The van der Waals surface area contributed by atoms with Crippen molar-refractivity contribution in [1.82, 2.24) is 15.0 Å². The first-order valence-electron chi connectivity index (χ1n) is 17.0. The second-order valence-corrected chi connectivity index (χ2v) is 19.0. The molecule has 3 aromatic carbocycles. The molecule has 1 unspecified atom stereocenters. The summed E-state index contributed by atoms with van der Waals surface area (Å²) in [5.41, 5.74) is 3.50. The van der Waals surface area contributed by atoms with Crippen molar-refractivity contribution >= 4 is 47.4 Å². The van der Waals surface area contributed by atoms with Gasteiger partial charge in [-0.3, -0.25) is 14.3 Å². The number of ether oxygens (including phenoxy) is 1. The lowest BCUT2D eigenvalue weighted by Crippen LogP contribution is -2.46. The van der Waals surface area contributed by atoms with Crippen molar-refractivity contribution in [3.63, 3.8) is 0 Å². The van der Waals surface area contributed by atoms with Gasteiger partial charge in [-0.15, -0.1) is 5.10 Å². The number of carbonyl (C=O) groups excluding carboxylic acids is 2. The lowest BCUT2D eigenvalue weighted by molar-refractivity contribution is -0.146. The summed E-state index contributed by atoms with van der Waals surface area (Å²) < 4.78 is 9.62. The van der Waals surface area contributed by atoms with Crippen LogP contribution in [0.3, 0.4) is 0 Å². The molecule has 7 rings (SSSR count). The number of hydrogen-bond acceptors (Lipinski definition) is 7. The van der Waals surface area contributed by atoms with Crippen molar-refractivity contribution in [2.24, 2.45) is 5.92 Å². The summed E-state index contributed by atoms with van der Waals surface area (Å²) in [5.74, 6) is -0.605. The van der Waals surface area contributed by atoms with Gasteiger partial charge < -0.3 is 24.4 Å². The van der Waals surface area contributed by atoms with E-state index < -0.39 is 20.0 Å². The number of halogens is 1. The summed E-state index contributed by atoms with van der Waals surface area (Å²) in [6.45, 7) is 7.30. The van der Waals surface area contributed by atoms with Crippen LogP contribution in [0.5, 0.6) is 0 Å². The Balaban J connectivity index is 1.17. The molecule has 3 aliphatic heterocycles. The molecule has 0 bridgehead atoms. The molecule has 0 aliphatic carbocycles. The molecule has 2 N–H and O–H groups in total. The minimum atomic E-state index is -2.86. The number of nitrogens with zero attached hydrogens (tertiary/aromatic N) is 5. The molecule has 49 heavy (non-hydrogen) atoms. The highest BCUT2D eigenvalue weighted by molar-refractivity contribution is 9.10. The maximum Gasteiger partial charge on any atom is 0.264 e. The molecule has 12 heteroatoms. The highest BCUT2D eigenvalue weighted by Crippen LogP contribution is 2.60. The van der Waals surface area contributed by atoms with E-state index in [1.807, 2.05) is 104 Å². The average Bonchev–Trinajstić information content (AvgIpc) is 3.84. The van der Waals surface area contributed by atoms with Gasteiger partial charge in [-0.1, -0.05) is 70.5 Å². The van der Waals surface area contributed by atoms with Crippen LogP contribution in [0.1, 0.15) is 54.5 Å². The van der Waals surface area contributed by atoms with Crippen LogP contribution in [0.4, 0.5) is 11.4 Å². The van der Waals surface area contributed by atoms with Gasteiger partial charge in [0.1, 0.15) is 0 Å². The predicted molar refractivity (Wildman–Crippen MR) is 193 cm³/mol. The first-order valence-corrected chi connectivity index (χ1v) is 20.8.